The number of methoxy groups -OCH3 is 1. The van der Waals surface area contributed by atoms with E-state index >= 15 is 0 Å². The molecule has 2 rings (SSSR count). The van der Waals surface area contributed by atoms with Gasteiger partial charge in [0.2, 0.25) is 0 Å². The van der Waals surface area contributed by atoms with Gasteiger partial charge in [0, 0.05) is 22.2 Å². The number of fused-ring (bicyclic) bond motifs is 1. The van der Waals surface area contributed by atoms with Crippen LogP contribution in [0.5, 0.6) is 17.2 Å². The molecule has 0 saturated carbocycles. The Kier molecular flexibility index (Phi) is 5.53. The first-order valence-corrected chi connectivity index (χ1v) is 7.87. The van der Waals surface area contributed by atoms with E-state index in [-0.39, 0.29) is 5.75 Å². The van der Waals surface area contributed by atoms with Crippen molar-refractivity contribution in [3.63, 3.8) is 0 Å². The molecule has 0 fully saturated rings. The van der Waals surface area contributed by atoms with Crippen LogP contribution in [0.25, 0.3) is 10.8 Å². The van der Waals surface area contributed by atoms with Gasteiger partial charge in [-0.25, -0.2) is 0 Å². The van der Waals surface area contributed by atoms with Crippen molar-refractivity contribution in [3.8, 4) is 17.2 Å². The van der Waals surface area contributed by atoms with Crippen molar-refractivity contribution in [2.75, 3.05) is 19.0 Å². The van der Waals surface area contributed by atoms with Crippen molar-refractivity contribution in [3.05, 3.63) is 30.3 Å². The molecule has 0 aliphatic heterocycles. The van der Waals surface area contributed by atoms with E-state index in [0.717, 1.165) is 41.1 Å². The summed E-state index contributed by atoms with van der Waals surface area (Å²) in [7, 11) is 1.55. The third kappa shape index (κ3) is 3.37. The third-order valence-electron chi connectivity index (χ3n) is 3.20. The van der Waals surface area contributed by atoms with Crippen LogP contribution < -0.4 is 9.47 Å². The largest absolute Gasteiger partial charge is 0.504 e. The van der Waals surface area contributed by atoms with Gasteiger partial charge in [0.1, 0.15) is 5.75 Å². The Balaban J connectivity index is 2.21. The van der Waals surface area contributed by atoms with Gasteiger partial charge in [-0.05, 0) is 19.3 Å². The van der Waals surface area contributed by atoms with Crippen molar-refractivity contribution in [2.24, 2.45) is 0 Å². The summed E-state index contributed by atoms with van der Waals surface area (Å²) in [4.78, 5) is 0. The summed E-state index contributed by atoms with van der Waals surface area (Å²) in [5, 5.41) is 12.8. The molecule has 0 heterocycles. The predicted octanol–water partition coefficient (Wildman–Crippen LogP) is 4.50. The lowest BCUT2D eigenvalue weighted by molar-refractivity contribution is 0.306. The smallest absolute Gasteiger partial charge is 0.165 e. The van der Waals surface area contributed by atoms with Gasteiger partial charge in [0.05, 0.1) is 13.7 Å². The minimum atomic E-state index is 0.162. The van der Waals surface area contributed by atoms with Crippen molar-refractivity contribution in [1.29, 1.82) is 0 Å². The lowest BCUT2D eigenvalue weighted by Crippen LogP contribution is -1.99. The highest BCUT2D eigenvalue weighted by Crippen LogP contribution is 2.40. The van der Waals surface area contributed by atoms with Crippen LogP contribution in [-0.4, -0.2) is 24.2 Å². The van der Waals surface area contributed by atoms with Crippen LogP contribution in [0.2, 0.25) is 0 Å². The predicted molar refractivity (Wildman–Crippen MR) is 85.3 cm³/mol. The van der Waals surface area contributed by atoms with Gasteiger partial charge in [-0.2, -0.15) is 0 Å². The number of hydrogen-bond acceptors (Lipinski definition) is 3. The molecule has 3 nitrogen and oxygen atoms in total. The molecule has 1 N–H and O–H groups in total. The zero-order valence-electron chi connectivity index (χ0n) is 11.6. The second-order valence-corrected chi connectivity index (χ2v) is 5.36. The Bertz CT molecular complexity index is 569. The monoisotopic (exact) mass is 338 g/mol. The maximum Gasteiger partial charge on any atom is 0.165 e. The molecule has 0 unspecified atom stereocenters. The molecule has 0 aliphatic carbocycles. The van der Waals surface area contributed by atoms with Gasteiger partial charge >= 0.3 is 0 Å². The highest BCUT2D eigenvalue weighted by atomic mass is 79.9. The lowest BCUT2D eigenvalue weighted by atomic mass is 10.1. The Morgan fingerprint density at radius 1 is 1.05 bits per heavy atom. The number of unbranched alkanes of at least 4 members (excludes halogenated alkanes) is 2. The molecule has 108 valence electrons. The van der Waals surface area contributed by atoms with Crippen LogP contribution in [0.1, 0.15) is 19.3 Å². The van der Waals surface area contributed by atoms with Crippen LogP contribution in [0.15, 0.2) is 30.3 Å². The molecular formula is C16H19BrO3. The molecule has 0 aliphatic rings. The molecular weight excluding hydrogens is 320 g/mol. The summed E-state index contributed by atoms with van der Waals surface area (Å²) < 4.78 is 11.1. The van der Waals surface area contributed by atoms with E-state index in [0.29, 0.717) is 12.4 Å². The second kappa shape index (κ2) is 7.39. The number of ether oxygens (including phenoxy) is 2. The SMILES string of the molecule is COc1cc(OCCCCCBr)c2ccccc2c1O. The number of aromatic hydroxyl groups is 1. The Labute approximate surface area is 127 Å². The maximum atomic E-state index is 10.1. The number of alkyl halides is 1. The van der Waals surface area contributed by atoms with Crippen LogP contribution in [-0.2, 0) is 0 Å². The Hall–Kier alpha value is -1.42. The minimum absolute atomic E-state index is 0.162. The quantitative estimate of drug-likeness (QED) is 0.596. The fourth-order valence-electron chi connectivity index (χ4n) is 2.13. The molecule has 0 amide bonds. The maximum absolute atomic E-state index is 10.1. The van der Waals surface area contributed by atoms with E-state index in [9.17, 15) is 5.11 Å². The van der Waals surface area contributed by atoms with Crippen molar-refractivity contribution in [2.45, 2.75) is 19.3 Å². The van der Waals surface area contributed by atoms with Gasteiger partial charge in [-0.15, -0.1) is 0 Å². The van der Waals surface area contributed by atoms with Crippen molar-refractivity contribution < 1.29 is 14.6 Å². The average molecular weight is 339 g/mol. The molecule has 0 spiro atoms. The standard InChI is InChI=1S/C16H19BrO3/c1-19-15-11-14(20-10-6-2-5-9-17)12-7-3-4-8-13(12)16(15)18/h3-4,7-8,11,18H,2,5-6,9-10H2,1H3. The third-order valence-corrected chi connectivity index (χ3v) is 3.76. The Morgan fingerprint density at radius 2 is 1.80 bits per heavy atom. The minimum Gasteiger partial charge on any atom is -0.504 e. The van der Waals surface area contributed by atoms with Gasteiger partial charge in [0.25, 0.3) is 0 Å². The van der Waals surface area contributed by atoms with Crippen LogP contribution in [0, 0.1) is 0 Å². The van der Waals surface area contributed by atoms with Gasteiger partial charge in [-0.1, -0.05) is 40.2 Å². The normalized spacial score (nSPS) is 10.7. The van der Waals surface area contributed by atoms with Crippen molar-refractivity contribution in [1.82, 2.24) is 0 Å². The summed E-state index contributed by atoms with van der Waals surface area (Å²) in [5.41, 5.74) is 0. The van der Waals surface area contributed by atoms with Crippen molar-refractivity contribution >= 4 is 26.7 Å². The number of hydrogen-bond donors (Lipinski definition) is 1. The molecule has 2 aromatic carbocycles. The van der Waals surface area contributed by atoms with E-state index in [1.54, 1.807) is 13.2 Å². The molecule has 0 radical (unpaired) electrons. The highest BCUT2D eigenvalue weighted by molar-refractivity contribution is 9.09. The molecule has 0 bridgehead atoms. The lowest BCUT2D eigenvalue weighted by Gasteiger charge is -2.13. The van der Waals surface area contributed by atoms with Crippen LogP contribution in [0.3, 0.4) is 0 Å². The number of phenolic OH excluding ortho intramolecular Hbond substituents is 1. The number of phenols is 1. The zero-order valence-corrected chi connectivity index (χ0v) is 13.1. The molecule has 20 heavy (non-hydrogen) atoms. The second-order valence-electron chi connectivity index (χ2n) is 4.57. The molecule has 2 aromatic rings. The van der Waals surface area contributed by atoms with Crippen LogP contribution >= 0.6 is 15.9 Å². The average Bonchev–Trinajstić information content (AvgIpc) is 2.49. The van der Waals surface area contributed by atoms with Gasteiger partial charge < -0.3 is 14.6 Å². The summed E-state index contributed by atoms with van der Waals surface area (Å²) in [6.45, 7) is 0.672. The Morgan fingerprint density at radius 3 is 2.50 bits per heavy atom. The van der Waals surface area contributed by atoms with Gasteiger partial charge in [0.15, 0.2) is 11.5 Å². The topological polar surface area (TPSA) is 38.7 Å². The zero-order chi connectivity index (χ0) is 14.4. The van der Waals surface area contributed by atoms with E-state index < -0.39 is 0 Å². The number of benzene rings is 2. The highest BCUT2D eigenvalue weighted by Gasteiger charge is 2.12. The molecule has 0 saturated heterocycles. The first-order valence-electron chi connectivity index (χ1n) is 6.75. The number of halogens is 1. The van der Waals surface area contributed by atoms with E-state index in [1.165, 1.54) is 0 Å². The fraction of sp³-hybridized carbons (Fsp3) is 0.375. The summed E-state index contributed by atoms with van der Waals surface area (Å²) in [6.07, 6.45) is 3.31. The van der Waals surface area contributed by atoms with E-state index in [1.807, 2.05) is 24.3 Å². The first-order chi connectivity index (χ1) is 9.77. The van der Waals surface area contributed by atoms with Crippen LogP contribution in [0.4, 0.5) is 0 Å². The first kappa shape index (κ1) is 15.0. The van der Waals surface area contributed by atoms with E-state index in [4.69, 9.17) is 9.47 Å². The summed E-state index contributed by atoms with van der Waals surface area (Å²) in [6, 6.07) is 9.39. The molecule has 0 aromatic heterocycles. The molecule has 4 heteroatoms. The summed E-state index contributed by atoms with van der Waals surface area (Å²) in [5.74, 6) is 1.36. The van der Waals surface area contributed by atoms with E-state index in [2.05, 4.69) is 15.9 Å². The van der Waals surface area contributed by atoms with Gasteiger partial charge in [-0.3, -0.25) is 0 Å². The fourth-order valence-corrected chi connectivity index (χ4v) is 2.53. The molecule has 0 atom stereocenters. The summed E-state index contributed by atoms with van der Waals surface area (Å²) >= 11 is 3.42. The number of rotatable bonds is 7.